The van der Waals surface area contributed by atoms with E-state index in [-0.39, 0.29) is 60.8 Å². The number of carbonyl (C=O) groups excluding carboxylic acids is 1. The van der Waals surface area contributed by atoms with Crippen molar-refractivity contribution in [3.8, 4) is 11.5 Å². The van der Waals surface area contributed by atoms with Crippen molar-refractivity contribution in [2.24, 2.45) is 23.7 Å². The summed E-state index contributed by atoms with van der Waals surface area (Å²) >= 11 is 0. The highest BCUT2D eigenvalue weighted by molar-refractivity contribution is 6.16. The predicted octanol–water partition coefficient (Wildman–Crippen LogP) is 4.27. The Morgan fingerprint density at radius 3 is 2.22 bits per heavy atom. The number of fused-ring (bicyclic) bond motifs is 4. The molecule has 4 aliphatic heterocycles. The molecule has 4 aliphatic rings. The summed E-state index contributed by atoms with van der Waals surface area (Å²) in [4.78, 5) is 52.2. The van der Waals surface area contributed by atoms with Gasteiger partial charge in [-0.15, -0.1) is 0 Å². The molecule has 2 fully saturated rings. The molecule has 5 heterocycles. The average molecular weight is 883 g/mol. The molecule has 1 aromatic heterocycles. The first-order valence-corrected chi connectivity index (χ1v) is 21.9. The van der Waals surface area contributed by atoms with Crippen molar-refractivity contribution >= 4 is 56.0 Å². The molecule has 2 saturated heterocycles. The van der Waals surface area contributed by atoms with Crippen molar-refractivity contribution in [2.45, 2.75) is 104 Å². The van der Waals surface area contributed by atoms with Crippen molar-refractivity contribution < 1.29 is 49.0 Å². The fourth-order valence-corrected chi connectivity index (χ4v) is 9.99. The maximum Gasteiger partial charge on any atom is 0.307 e. The van der Waals surface area contributed by atoms with Gasteiger partial charge >= 0.3 is 5.79 Å². The number of nitrogens with one attached hydrogen (secondary N) is 1. The van der Waals surface area contributed by atoms with Gasteiger partial charge in [0.25, 0.3) is 5.91 Å². The van der Waals surface area contributed by atoms with E-state index < -0.39 is 82.1 Å². The van der Waals surface area contributed by atoms with Crippen LogP contribution in [-0.4, -0.2) is 111 Å². The molecule has 3 aromatic carbocycles. The summed E-state index contributed by atoms with van der Waals surface area (Å²) in [7, 11) is 3.56. The second-order valence-corrected chi connectivity index (χ2v) is 18.4. The molecule has 0 spiro atoms. The van der Waals surface area contributed by atoms with Crippen molar-refractivity contribution in [3.05, 3.63) is 79.5 Å². The molecule has 6 bridgehead atoms. The van der Waals surface area contributed by atoms with Crippen LogP contribution in [0.25, 0.3) is 38.7 Å². The number of anilines is 2. The molecule has 0 aliphatic carbocycles. The van der Waals surface area contributed by atoms with Gasteiger partial charge in [0.15, 0.2) is 22.4 Å². The Kier molecular flexibility index (Phi) is 11.8. The first-order valence-electron chi connectivity index (χ1n) is 21.9. The molecule has 342 valence electrons. The molecule has 16 nitrogen and oxygen atoms in total. The first kappa shape index (κ1) is 45.1. The number of nitrogens with zero attached hydrogens (tertiary/aromatic N) is 3. The van der Waals surface area contributed by atoms with Gasteiger partial charge in [0.2, 0.25) is 10.9 Å². The van der Waals surface area contributed by atoms with Gasteiger partial charge in [-0.25, -0.2) is 4.98 Å². The van der Waals surface area contributed by atoms with Gasteiger partial charge in [-0.1, -0.05) is 45.9 Å². The van der Waals surface area contributed by atoms with Crippen molar-refractivity contribution in [2.75, 3.05) is 37.5 Å². The number of aromatic hydroxyl groups is 1. The van der Waals surface area contributed by atoms with Crippen LogP contribution in [0.5, 0.6) is 11.5 Å². The number of hydrogen-bond donors (Lipinski definition) is 6. The van der Waals surface area contributed by atoms with E-state index in [1.807, 2.05) is 0 Å². The number of methoxy groups -OCH3 is 1. The highest BCUT2D eigenvalue weighted by atomic mass is 16.7. The molecular weight excluding hydrogens is 825 g/mol. The van der Waals surface area contributed by atoms with Gasteiger partial charge < -0.3 is 54.4 Å². The third-order valence-electron chi connectivity index (χ3n) is 14.4. The Morgan fingerprint density at radius 1 is 0.891 bits per heavy atom. The molecule has 0 radical (unpaired) electrons. The fraction of sp³-hybridized carbons (Fsp3) is 0.500. The fourth-order valence-electron chi connectivity index (χ4n) is 9.99. The molecule has 0 saturated carbocycles. The number of aliphatic hydroxyl groups is 4. The Labute approximate surface area is 369 Å². The third-order valence-corrected chi connectivity index (χ3v) is 14.4. The molecular formula is C48H58N4O12. The zero-order chi connectivity index (χ0) is 46.3. The lowest BCUT2D eigenvalue weighted by Gasteiger charge is -2.40. The van der Waals surface area contributed by atoms with Crippen LogP contribution in [0, 0.1) is 30.6 Å². The summed E-state index contributed by atoms with van der Waals surface area (Å²) in [6.07, 6.45) is 5.60. The van der Waals surface area contributed by atoms with Gasteiger partial charge in [-0.3, -0.25) is 19.3 Å². The van der Waals surface area contributed by atoms with Crippen molar-refractivity contribution in [1.29, 1.82) is 0 Å². The standard InChI is InChI=1S/C48H58N4O12/c1-21-11-10-12-22(2)47(60)50-38-43(58)34-33(37-45(38)63-32-18-29(17-30(53)36(32)49-37)52-19-27-13-14-28(20-52)51(27)8)35-44(26(6)42(34)57)64-48(7,46(35)59)62-16-15-31(61-9)23(3)40(55)25(5)41(56)24(4)39(21)54/h10-12,15-18,21,23-25,27-28,31,39-41,54-57,59H,13-14,19-20H2,1-9H3,(H,50,60)/b11-10+,16-15+,22-12-/t21-,23+,24+,25-,27-,28+,31-,39-,40+,41+,48-/m0/s1. The van der Waals surface area contributed by atoms with E-state index in [0.29, 0.717) is 30.9 Å². The Morgan fingerprint density at radius 2 is 1.55 bits per heavy atom. The lowest BCUT2D eigenvalue weighted by atomic mass is 9.78. The van der Waals surface area contributed by atoms with Crippen LogP contribution in [0.4, 0.5) is 11.4 Å². The number of rotatable bonds is 2. The van der Waals surface area contributed by atoms with E-state index in [1.54, 1.807) is 45.9 Å². The van der Waals surface area contributed by atoms with E-state index in [9.17, 15) is 39.9 Å². The number of phenols is 1. The maximum atomic E-state index is 14.8. The lowest BCUT2D eigenvalue weighted by molar-refractivity contribution is -0.112. The van der Waals surface area contributed by atoms with Crippen LogP contribution in [0.2, 0.25) is 0 Å². The van der Waals surface area contributed by atoms with Crippen LogP contribution in [0.1, 0.15) is 59.9 Å². The third kappa shape index (κ3) is 7.38. The van der Waals surface area contributed by atoms with Gasteiger partial charge in [0.1, 0.15) is 22.7 Å². The second-order valence-electron chi connectivity index (χ2n) is 18.4. The minimum Gasteiger partial charge on any atom is -0.507 e. The Balaban J connectivity index is 1.36. The maximum absolute atomic E-state index is 14.8. The van der Waals surface area contributed by atoms with E-state index in [0.717, 1.165) is 12.8 Å². The summed E-state index contributed by atoms with van der Waals surface area (Å²) in [5.74, 6) is -6.17. The zero-order valence-corrected chi connectivity index (χ0v) is 37.6. The topological polar surface area (TPSA) is 225 Å². The lowest BCUT2D eigenvalue weighted by Crippen LogP contribution is -2.52. The number of benzene rings is 3. The second kappa shape index (κ2) is 16.8. The number of hydrogen-bond acceptors (Lipinski definition) is 15. The van der Waals surface area contributed by atoms with Crippen LogP contribution < -0.4 is 31.0 Å². The number of amides is 1. The van der Waals surface area contributed by atoms with E-state index in [1.165, 1.54) is 52.4 Å². The van der Waals surface area contributed by atoms with E-state index in [4.69, 9.17) is 23.6 Å². The summed E-state index contributed by atoms with van der Waals surface area (Å²) < 4.78 is 24.6. The number of aliphatic hydroxyl groups excluding tert-OH is 4. The number of aromatic nitrogens is 1. The number of ether oxygens (including phenoxy) is 3. The summed E-state index contributed by atoms with van der Waals surface area (Å²) in [5, 5.41) is 60.2. The highest BCUT2D eigenvalue weighted by Crippen LogP contribution is 2.42. The molecule has 4 aromatic rings. The molecule has 6 N–H and O–H groups in total. The van der Waals surface area contributed by atoms with Crippen LogP contribution in [0.3, 0.4) is 0 Å². The minimum atomic E-state index is -1.95. The number of piperazine rings is 1. The van der Waals surface area contributed by atoms with E-state index >= 15 is 0 Å². The number of likely N-dealkylation sites (N-methyl/N-ethyl adjacent to an activating group) is 1. The predicted molar refractivity (Wildman–Crippen MR) is 242 cm³/mol. The largest absolute Gasteiger partial charge is 0.507 e. The first-order chi connectivity index (χ1) is 30.3. The quantitative estimate of drug-likeness (QED) is 0.122. The highest BCUT2D eigenvalue weighted by Gasteiger charge is 2.44. The number of phenolic OH excluding ortho intramolecular Hbond substituents is 1. The Hall–Kier alpha value is -5.52. The Bertz CT molecular complexity index is 2810. The number of allylic oxidation sites excluding steroid dienone is 2. The molecule has 64 heavy (non-hydrogen) atoms. The summed E-state index contributed by atoms with van der Waals surface area (Å²) in [5.41, 5.74) is -1.17. The summed E-state index contributed by atoms with van der Waals surface area (Å²) in [6, 6.07) is 3.86. The number of carbonyl (C=O) groups is 1. The molecule has 1 amide bonds. The average Bonchev–Trinajstić information content (AvgIpc) is 3.63. The van der Waals surface area contributed by atoms with Gasteiger partial charge in [0.05, 0.1) is 41.3 Å². The van der Waals surface area contributed by atoms with Crippen molar-refractivity contribution in [3.63, 3.8) is 0 Å². The molecule has 16 heteroatoms. The monoisotopic (exact) mass is 882 g/mol. The van der Waals surface area contributed by atoms with E-state index in [2.05, 4.69) is 22.2 Å². The van der Waals surface area contributed by atoms with Crippen LogP contribution >= 0.6 is 0 Å². The van der Waals surface area contributed by atoms with Crippen LogP contribution in [0.15, 0.2) is 62.3 Å². The van der Waals surface area contributed by atoms with Crippen molar-refractivity contribution in [1.82, 2.24) is 9.88 Å². The van der Waals surface area contributed by atoms with Gasteiger partial charge in [-0.2, -0.15) is 0 Å². The van der Waals surface area contributed by atoms with Gasteiger partial charge in [0, 0.05) is 97.2 Å². The molecule has 0 unspecified atom stereocenters. The van der Waals surface area contributed by atoms with Crippen LogP contribution in [-0.2, 0) is 14.3 Å². The molecule has 8 rings (SSSR count). The zero-order valence-electron chi connectivity index (χ0n) is 37.6. The normalized spacial score (nSPS) is 33.6. The minimum absolute atomic E-state index is 0.0308. The summed E-state index contributed by atoms with van der Waals surface area (Å²) in [6.45, 7) is 12.7. The SMILES string of the molecule is CO[C@H]1/C=C/O[C@@]2(C)Oc3c(C)c(O)c4c(=O)c(c5oc6cc(N7C[C@H]8CC[C@@H](C7)N8C)cc(=O)c6nc5c4c3=C2O)NC(=O)/C(C)=C\C=C\[C@H](C)[C@H](O)[C@@H](C)[C@@H](O)[C@@H](C)[C@H](O)[C@@H]1C. The smallest absolute Gasteiger partial charge is 0.307 e. The molecule has 11 atom stereocenters. The van der Waals surface area contributed by atoms with Gasteiger partial charge in [-0.05, 0) is 39.8 Å².